The van der Waals surface area contributed by atoms with Crippen molar-refractivity contribution >= 4 is 6.09 Å². The topological polar surface area (TPSA) is 36.0 Å². The van der Waals surface area contributed by atoms with E-state index < -0.39 is 5.60 Å². The highest BCUT2D eigenvalue weighted by atomic mass is 16.6. The van der Waals surface area contributed by atoms with Crippen molar-refractivity contribution in [1.29, 1.82) is 0 Å². The Balaban J connectivity index is 1.84. The van der Waals surface area contributed by atoms with Gasteiger partial charge in [-0.25, -0.2) is 4.79 Å². The van der Waals surface area contributed by atoms with Crippen LogP contribution in [0.1, 0.15) is 47.5 Å². The van der Waals surface area contributed by atoms with Crippen molar-refractivity contribution in [2.75, 3.05) is 39.3 Å². The van der Waals surface area contributed by atoms with Crippen LogP contribution in [0.2, 0.25) is 0 Å². The van der Waals surface area contributed by atoms with Crippen LogP contribution in [0.5, 0.6) is 0 Å². The molecule has 2 rings (SSSR count). The number of ether oxygens (including phenoxy) is 1. The van der Waals surface area contributed by atoms with Gasteiger partial charge in [0.2, 0.25) is 0 Å². The Hall–Kier alpha value is -0.810. The molecule has 2 atom stereocenters. The molecule has 2 aliphatic rings. The SMILES string of the molecule is CC1C(C)N(C(=O)OC(C)(C)C)CCN1CCN1CCCC1. The molecule has 2 fully saturated rings. The highest BCUT2D eigenvalue weighted by molar-refractivity contribution is 5.68. The summed E-state index contributed by atoms with van der Waals surface area (Å²) in [4.78, 5) is 19.3. The summed E-state index contributed by atoms with van der Waals surface area (Å²) >= 11 is 0. The standard InChI is InChI=1S/C17H33N3O2/c1-14-15(2)20(16(21)22-17(3,4)5)13-12-19(14)11-10-18-8-6-7-9-18/h14-15H,6-13H2,1-5H3. The zero-order valence-corrected chi connectivity index (χ0v) is 15.0. The van der Waals surface area contributed by atoms with Crippen LogP contribution in [0, 0.1) is 0 Å². The van der Waals surface area contributed by atoms with Gasteiger partial charge in [-0.05, 0) is 60.5 Å². The van der Waals surface area contributed by atoms with E-state index in [1.807, 2.05) is 25.7 Å². The zero-order chi connectivity index (χ0) is 16.3. The molecule has 5 nitrogen and oxygen atoms in total. The molecule has 0 aromatic heterocycles. The van der Waals surface area contributed by atoms with Gasteiger partial charge in [-0.3, -0.25) is 4.90 Å². The number of piperazine rings is 1. The first-order valence-corrected chi connectivity index (χ1v) is 8.74. The van der Waals surface area contributed by atoms with Crippen LogP contribution in [-0.2, 0) is 4.74 Å². The fourth-order valence-corrected chi connectivity index (χ4v) is 3.38. The van der Waals surface area contributed by atoms with Crippen molar-refractivity contribution in [2.45, 2.75) is 65.1 Å². The minimum Gasteiger partial charge on any atom is -0.444 e. The molecule has 0 aromatic rings. The summed E-state index contributed by atoms with van der Waals surface area (Å²) < 4.78 is 5.53. The van der Waals surface area contributed by atoms with E-state index in [1.165, 1.54) is 25.9 Å². The molecule has 5 heteroatoms. The third-order valence-electron chi connectivity index (χ3n) is 4.92. The lowest BCUT2D eigenvalue weighted by Crippen LogP contribution is -2.60. The number of hydrogen-bond acceptors (Lipinski definition) is 4. The Kier molecular flexibility index (Phi) is 5.72. The fourth-order valence-electron chi connectivity index (χ4n) is 3.38. The first-order chi connectivity index (χ1) is 10.3. The summed E-state index contributed by atoms with van der Waals surface area (Å²) in [5.41, 5.74) is -0.424. The Morgan fingerprint density at radius 2 is 1.64 bits per heavy atom. The van der Waals surface area contributed by atoms with Crippen molar-refractivity contribution in [3.05, 3.63) is 0 Å². The number of nitrogens with zero attached hydrogens (tertiary/aromatic N) is 3. The lowest BCUT2D eigenvalue weighted by molar-refractivity contribution is -0.0138. The third-order valence-corrected chi connectivity index (χ3v) is 4.92. The summed E-state index contributed by atoms with van der Waals surface area (Å²) in [5.74, 6) is 0. The summed E-state index contributed by atoms with van der Waals surface area (Å²) in [6, 6.07) is 0.575. The van der Waals surface area contributed by atoms with Gasteiger partial charge in [-0.2, -0.15) is 0 Å². The lowest BCUT2D eigenvalue weighted by Gasteiger charge is -2.45. The molecule has 2 unspecified atom stereocenters. The third kappa shape index (κ3) is 4.59. The Bertz CT molecular complexity index is 375. The lowest BCUT2D eigenvalue weighted by atomic mass is 10.1. The molecule has 0 saturated carbocycles. The van der Waals surface area contributed by atoms with Gasteiger partial charge in [0, 0.05) is 38.3 Å². The van der Waals surface area contributed by atoms with Crippen LogP contribution < -0.4 is 0 Å². The number of amides is 1. The first kappa shape index (κ1) is 17.5. The number of carbonyl (C=O) groups excluding carboxylic acids is 1. The van der Waals surface area contributed by atoms with Crippen LogP contribution >= 0.6 is 0 Å². The van der Waals surface area contributed by atoms with E-state index >= 15 is 0 Å². The molecule has 0 aromatic carbocycles. The maximum Gasteiger partial charge on any atom is 0.410 e. The molecule has 22 heavy (non-hydrogen) atoms. The molecule has 0 radical (unpaired) electrons. The predicted octanol–water partition coefficient (Wildman–Crippen LogP) is 2.41. The van der Waals surface area contributed by atoms with Crippen LogP contribution in [0.15, 0.2) is 0 Å². The van der Waals surface area contributed by atoms with Crippen LogP contribution in [-0.4, -0.2) is 77.7 Å². The fraction of sp³-hybridized carbons (Fsp3) is 0.941. The van der Waals surface area contributed by atoms with Crippen molar-refractivity contribution in [3.63, 3.8) is 0 Å². The molecule has 2 heterocycles. The number of rotatable bonds is 3. The summed E-state index contributed by atoms with van der Waals surface area (Å²) in [6.07, 6.45) is 2.52. The Morgan fingerprint density at radius 1 is 1.00 bits per heavy atom. The minimum absolute atomic E-state index is 0.175. The summed E-state index contributed by atoms with van der Waals surface area (Å²) in [6.45, 7) is 16.6. The number of hydrogen-bond donors (Lipinski definition) is 0. The van der Waals surface area contributed by atoms with Gasteiger partial charge >= 0.3 is 6.09 Å². The molecule has 2 aliphatic heterocycles. The molecule has 0 bridgehead atoms. The first-order valence-electron chi connectivity index (χ1n) is 8.74. The van der Waals surface area contributed by atoms with E-state index in [4.69, 9.17) is 4.74 Å². The van der Waals surface area contributed by atoms with Gasteiger partial charge in [0.25, 0.3) is 0 Å². The van der Waals surface area contributed by atoms with E-state index in [0.29, 0.717) is 6.04 Å². The average molecular weight is 311 g/mol. The average Bonchev–Trinajstić information content (AvgIpc) is 2.91. The molecule has 0 N–H and O–H groups in total. The number of carbonyl (C=O) groups is 1. The maximum absolute atomic E-state index is 12.3. The molecular formula is C17H33N3O2. The molecular weight excluding hydrogens is 278 g/mol. The van der Waals surface area contributed by atoms with Gasteiger partial charge < -0.3 is 14.5 Å². The Labute approximate surface area is 135 Å². The van der Waals surface area contributed by atoms with Crippen molar-refractivity contribution in [2.24, 2.45) is 0 Å². The second-order valence-electron chi connectivity index (χ2n) is 7.74. The smallest absolute Gasteiger partial charge is 0.410 e. The highest BCUT2D eigenvalue weighted by Gasteiger charge is 2.35. The second-order valence-corrected chi connectivity index (χ2v) is 7.74. The van der Waals surface area contributed by atoms with Crippen LogP contribution in [0.3, 0.4) is 0 Å². The van der Waals surface area contributed by atoms with Crippen molar-refractivity contribution in [1.82, 2.24) is 14.7 Å². The highest BCUT2D eigenvalue weighted by Crippen LogP contribution is 2.20. The quantitative estimate of drug-likeness (QED) is 0.802. The van der Waals surface area contributed by atoms with Crippen molar-refractivity contribution in [3.8, 4) is 0 Å². The van der Waals surface area contributed by atoms with Gasteiger partial charge in [-0.15, -0.1) is 0 Å². The van der Waals surface area contributed by atoms with E-state index in [2.05, 4.69) is 23.6 Å². The Morgan fingerprint density at radius 3 is 2.23 bits per heavy atom. The van der Waals surface area contributed by atoms with Gasteiger partial charge in [0.05, 0.1) is 0 Å². The zero-order valence-electron chi connectivity index (χ0n) is 15.0. The molecule has 0 spiro atoms. The number of likely N-dealkylation sites (tertiary alicyclic amines) is 1. The molecule has 0 aliphatic carbocycles. The van der Waals surface area contributed by atoms with Crippen LogP contribution in [0.25, 0.3) is 0 Å². The monoisotopic (exact) mass is 311 g/mol. The van der Waals surface area contributed by atoms with Gasteiger partial charge in [0.15, 0.2) is 0 Å². The van der Waals surface area contributed by atoms with E-state index in [-0.39, 0.29) is 12.1 Å². The minimum atomic E-state index is -0.424. The van der Waals surface area contributed by atoms with E-state index in [9.17, 15) is 4.79 Å². The van der Waals surface area contributed by atoms with E-state index in [0.717, 1.165) is 26.2 Å². The normalized spacial score (nSPS) is 28.1. The summed E-state index contributed by atoms with van der Waals surface area (Å²) in [7, 11) is 0. The second kappa shape index (κ2) is 7.18. The molecule has 1 amide bonds. The van der Waals surface area contributed by atoms with E-state index in [1.54, 1.807) is 0 Å². The maximum atomic E-state index is 12.3. The van der Waals surface area contributed by atoms with Crippen LogP contribution in [0.4, 0.5) is 4.79 Å². The van der Waals surface area contributed by atoms with Gasteiger partial charge in [0.1, 0.15) is 5.60 Å². The molecule has 128 valence electrons. The molecule has 2 saturated heterocycles. The van der Waals surface area contributed by atoms with Crippen molar-refractivity contribution < 1.29 is 9.53 Å². The van der Waals surface area contributed by atoms with Gasteiger partial charge in [-0.1, -0.05) is 0 Å². The largest absolute Gasteiger partial charge is 0.444 e. The summed E-state index contributed by atoms with van der Waals surface area (Å²) in [5, 5.41) is 0. The predicted molar refractivity (Wildman–Crippen MR) is 89.1 cm³/mol.